The van der Waals surface area contributed by atoms with Crippen LogP contribution >= 0.6 is 0 Å². The standard InChI is InChI=1S/C13H17N5O2/c1-8-9(2)16-13-14-7-15-18(13)11(8)17-5-3-10(4-6-17)12(19)20/h7,10H,3-6H2,1-2H3,(H,19,20). The second-order valence-corrected chi connectivity index (χ2v) is 5.22. The maximum atomic E-state index is 11.0. The summed E-state index contributed by atoms with van der Waals surface area (Å²) in [5, 5.41) is 13.3. The van der Waals surface area contributed by atoms with E-state index < -0.39 is 5.97 Å². The lowest BCUT2D eigenvalue weighted by molar-refractivity contribution is -0.142. The topological polar surface area (TPSA) is 83.6 Å². The summed E-state index contributed by atoms with van der Waals surface area (Å²) in [4.78, 5) is 21.8. The molecule has 0 atom stereocenters. The molecular formula is C13H17N5O2. The summed E-state index contributed by atoms with van der Waals surface area (Å²) < 4.78 is 1.74. The fourth-order valence-corrected chi connectivity index (χ4v) is 2.72. The van der Waals surface area contributed by atoms with Crippen LogP contribution < -0.4 is 4.90 Å². The van der Waals surface area contributed by atoms with Crippen molar-refractivity contribution in [2.24, 2.45) is 5.92 Å². The average molecular weight is 275 g/mol. The SMILES string of the molecule is Cc1nc2ncnn2c(N2CCC(C(=O)O)CC2)c1C. The minimum absolute atomic E-state index is 0.235. The molecule has 0 bridgehead atoms. The third kappa shape index (κ3) is 1.99. The van der Waals surface area contributed by atoms with Crippen molar-refractivity contribution in [2.45, 2.75) is 26.7 Å². The van der Waals surface area contributed by atoms with Gasteiger partial charge < -0.3 is 10.0 Å². The molecule has 7 nitrogen and oxygen atoms in total. The number of hydrogen-bond donors (Lipinski definition) is 1. The van der Waals surface area contributed by atoms with Gasteiger partial charge in [-0.3, -0.25) is 4.79 Å². The van der Waals surface area contributed by atoms with Crippen LogP contribution in [0.2, 0.25) is 0 Å². The zero-order valence-corrected chi connectivity index (χ0v) is 11.6. The first kappa shape index (κ1) is 12.8. The summed E-state index contributed by atoms with van der Waals surface area (Å²) in [5.41, 5.74) is 2.00. The number of rotatable bonds is 2. The lowest BCUT2D eigenvalue weighted by Gasteiger charge is -2.32. The molecule has 1 saturated heterocycles. The molecule has 0 aromatic carbocycles. The first-order valence-corrected chi connectivity index (χ1v) is 6.72. The van der Waals surface area contributed by atoms with E-state index in [-0.39, 0.29) is 5.92 Å². The van der Waals surface area contributed by atoms with Gasteiger partial charge in [0.15, 0.2) is 0 Å². The fraction of sp³-hybridized carbons (Fsp3) is 0.538. The number of anilines is 1. The van der Waals surface area contributed by atoms with Gasteiger partial charge in [-0.05, 0) is 26.7 Å². The van der Waals surface area contributed by atoms with Gasteiger partial charge in [0.1, 0.15) is 12.1 Å². The molecule has 1 N–H and O–H groups in total. The van der Waals surface area contributed by atoms with Crippen LogP contribution in [0.1, 0.15) is 24.1 Å². The molecule has 1 aliphatic heterocycles. The lowest BCUT2D eigenvalue weighted by Crippen LogP contribution is -2.38. The van der Waals surface area contributed by atoms with Crippen LogP contribution in [0.3, 0.4) is 0 Å². The van der Waals surface area contributed by atoms with Gasteiger partial charge in [0, 0.05) is 24.3 Å². The van der Waals surface area contributed by atoms with Crippen molar-refractivity contribution in [1.82, 2.24) is 19.6 Å². The smallest absolute Gasteiger partial charge is 0.306 e. The Morgan fingerprint density at radius 2 is 2.05 bits per heavy atom. The van der Waals surface area contributed by atoms with Crippen molar-refractivity contribution in [3.63, 3.8) is 0 Å². The predicted molar refractivity (Wildman–Crippen MR) is 72.8 cm³/mol. The lowest BCUT2D eigenvalue weighted by atomic mass is 9.97. The quantitative estimate of drug-likeness (QED) is 0.881. The highest BCUT2D eigenvalue weighted by Crippen LogP contribution is 2.27. The van der Waals surface area contributed by atoms with Crippen molar-refractivity contribution < 1.29 is 9.90 Å². The first-order valence-electron chi connectivity index (χ1n) is 6.72. The molecule has 0 saturated carbocycles. The Kier molecular flexibility index (Phi) is 3.04. The summed E-state index contributed by atoms with van der Waals surface area (Å²) in [7, 11) is 0. The van der Waals surface area contributed by atoms with E-state index in [4.69, 9.17) is 5.11 Å². The molecule has 2 aromatic heterocycles. The van der Waals surface area contributed by atoms with Crippen LogP contribution in [0.5, 0.6) is 0 Å². The van der Waals surface area contributed by atoms with E-state index in [1.165, 1.54) is 6.33 Å². The number of aliphatic carboxylic acids is 1. The van der Waals surface area contributed by atoms with Gasteiger partial charge in [-0.2, -0.15) is 14.6 Å². The zero-order valence-electron chi connectivity index (χ0n) is 11.6. The number of carboxylic acids is 1. The second kappa shape index (κ2) is 4.73. The van der Waals surface area contributed by atoms with Crippen molar-refractivity contribution in [2.75, 3.05) is 18.0 Å². The number of fused-ring (bicyclic) bond motifs is 1. The normalized spacial score (nSPS) is 16.8. The molecular weight excluding hydrogens is 258 g/mol. The van der Waals surface area contributed by atoms with Crippen molar-refractivity contribution in [3.8, 4) is 0 Å². The van der Waals surface area contributed by atoms with E-state index in [0.29, 0.717) is 18.6 Å². The highest BCUT2D eigenvalue weighted by molar-refractivity contribution is 5.70. The fourth-order valence-electron chi connectivity index (χ4n) is 2.72. The molecule has 20 heavy (non-hydrogen) atoms. The average Bonchev–Trinajstić information content (AvgIpc) is 2.88. The highest BCUT2D eigenvalue weighted by atomic mass is 16.4. The van der Waals surface area contributed by atoms with E-state index in [9.17, 15) is 4.79 Å². The summed E-state index contributed by atoms with van der Waals surface area (Å²) in [6.45, 7) is 5.41. The number of aryl methyl sites for hydroxylation is 1. The molecule has 1 aliphatic rings. The zero-order chi connectivity index (χ0) is 14.3. The summed E-state index contributed by atoms with van der Waals surface area (Å²) in [6, 6.07) is 0. The number of nitrogens with zero attached hydrogens (tertiary/aromatic N) is 5. The van der Waals surface area contributed by atoms with Crippen LogP contribution in [-0.4, -0.2) is 43.7 Å². The number of carboxylic acid groups (broad SMARTS) is 1. The number of carbonyl (C=O) groups is 1. The monoisotopic (exact) mass is 275 g/mol. The summed E-state index contributed by atoms with van der Waals surface area (Å²) in [5.74, 6) is 0.635. The van der Waals surface area contributed by atoms with Crippen LogP contribution in [0.15, 0.2) is 6.33 Å². The summed E-state index contributed by atoms with van der Waals surface area (Å²) in [6.07, 6.45) is 2.81. The van der Waals surface area contributed by atoms with Gasteiger partial charge in [-0.15, -0.1) is 0 Å². The number of aromatic nitrogens is 4. The first-order chi connectivity index (χ1) is 9.58. The molecule has 3 heterocycles. The maximum absolute atomic E-state index is 11.0. The third-order valence-corrected chi connectivity index (χ3v) is 4.02. The largest absolute Gasteiger partial charge is 0.481 e. The Labute approximate surface area is 116 Å². The number of hydrogen-bond acceptors (Lipinski definition) is 5. The van der Waals surface area contributed by atoms with Crippen molar-refractivity contribution in [1.29, 1.82) is 0 Å². The van der Waals surface area contributed by atoms with Gasteiger partial charge in [0.25, 0.3) is 5.78 Å². The van der Waals surface area contributed by atoms with Gasteiger partial charge in [0.05, 0.1) is 5.92 Å². The summed E-state index contributed by atoms with van der Waals surface area (Å²) >= 11 is 0. The molecule has 0 unspecified atom stereocenters. The van der Waals surface area contributed by atoms with E-state index in [1.54, 1.807) is 4.52 Å². The maximum Gasteiger partial charge on any atom is 0.306 e. The molecule has 7 heteroatoms. The molecule has 0 aliphatic carbocycles. The number of piperidine rings is 1. The van der Waals surface area contributed by atoms with Crippen LogP contribution in [0.25, 0.3) is 5.78 Å². The Hall–Kier alpha value is -2.18. The van der Waals surface area contributed by atoms with E-state index in [2.05, 4.69) is 20.0 Å². The molecule has 2 aromatic rings. The highest BCUT2D eigenvalue weighted by Gasteiger charge is 2.27. The van der Waals surface area contributed by atoms with Crippen molar-refractivity contribution >= 4 is 17.6 Å². The molecule has 0 amide bonds. The van der Waals surface area contributed by atoms with E-state index in [1.807, 2.05) is 13.8 Å². The Morgan fingerprint density at radius 3 is 2.70 bits per heavy atom. The van der Waals surface area contributed by atoms with Crippen LogP contribution in [-0.2, 0) is 4.79 Å². The van der Waals surface area contributed by atoms with Crippen molar-refractivity contribution in [3.05, 3.63) is 17.6 Å². The van der Waals surface area contributed by atoms with Gasteiger partial charge >= 0.3 is 5.97 Å². The van der Waals surface area contributed by atoms with E-state index >= 15 is 0 Å². The van der Waals surface area contributed by atoms with Crippen LogP contribution in [0.4, 0.5) is 5.82 Å². The molecule has 3 rings (SSSR count). The molecule has 0 spiro atoms. The Balaban J connectivity index is 1.97. The van der Waals surface area contributed by atoms with Gasteiger partial charge in [-0.25, -0.2) is 4.98 Å². The third-order valence-electron chi connectivity index (χ3n) is 4.02. The Bertz CT molecular complexity index is 658. The van der Waals surface area contributed by atoms with Gasteiger partial charge in [-0.1, -0.05) is 0 Å². The molecule has 1 fully saturated rings. The van der Waals surface area contributed by atoms with Crippen LogP contribution in [0, 0.1) is 19.8 Å². The minimum atomic E-state index is -0.696. The molecule has 106 valence electrons. The minimum Gasteiger partial charge on any atom is -0.481 e. The van der Waals surface area contributed by atoms with E-state index in [0.717, 1.165) is 30.2 Å². The molecule has 0 radical (unpaired) electrons. The predicted octanol–water partition coefficient (Wildman–Crippen LogP) is 1.04. The second-order valence-electron chi connectivity index (χ2n) is 5.22. The van der Waals surface area contributed by atoms with Gasteiger partial charge in [0.2, 0.25) is 0 Å². The Morgan fingerprint density at radius 1 is 1.35 bits per heavy atom.